The zero-order valence-corrected chi connectivity index (χ0v) is 22.4. The number of hydrogen-bond donors (Lipinski definition) is 0. The third-order valence-electron chi connectivity index (χ3n) is 7.95. The first-order valence-electron chi connectivity index (χ1n) is 13.7. The number of rotatable bonds is 6. The quantitative estimate of drug-likeness (QED) is 0.362. The molecule has 0 spiro atoms. The lowest BCUT2D eigenvalue weighted by Crippen LogP contribution is -2.47. The first kappa shape index (κ1) is 27.6. The molecule has 0 N–H and O–H groups in total. The Hall–Kier alpha value is -2.94. The molecule has 0 aliphatic carbocycles. The van der Waals surface area contributed by atoms with E-state index in [4.69, 9.17) is 0 Å². The summed E-state index contributed by atoms with van der Waals surface area (Å²) in [5, 5.41) is 0. The van der Waals surface area contributed by atoms with Gasteiger partial charge in [-0.1, -0.05) is 42.5 Å². The first-order valence-corrected chi connectivity index (χ1v) is 13.7. The molecule has 0 saturated carbocycles. The molecule has 2 saturated heterocycles. The highest BCUT2D eigenvalue weighted by Gasteiger charge is 2.35. The molecule has 2 fully saturated rings. The van der Waals surface area contributed by atoms with E-state index >= 15 is 0 Å². The van der Waals surface area contributed by atoms with Gasteiger partial charge in [0.2, 0.25) is 0 Å². The SMILES string of the molecule is CN1CCCN(c2ccc(C(F)(F)F)c(CN3CCN(C(c4ccccc4)c4ccc(F)cc4)CC3)c2)CC1. The van der Waals surface area contributed by atoms with E-state index in [0.717, 1.165) is 49.4 Å². The fourth-order valence-corrected chi connectivity index (χ4v) is 5.80. The molecular weight excluding hydrogens is 504 g/mol. The van der Waals surface area contributed by atoms with Gasteiger partial charge in [0.15, 0.2) is 0 Å². The molecule has 2 aliphatic heterocycles. The fourth-order valence-electron chi connectivity index (χ4n) is 5.80. The van der Waals surface area contributed by atoms with E-state index in [-0.39, 0.29) is 18.4 Å². The first-order chi connectivity index (χ1) is 18.8. The zero-order chi connectivity index (χ0) is 27.4. The van der Waals surface area contributed by atoms with Crippen molar-refractivity contribution in [2.75, 3.05) is 64.3 Å². The molecule has 208 valence electrons. The molecule has 4 nitrogen and oxygen atoms in total. The predicted molar refractivity (Wildman–Crippen MR) is 147 cm³/mol. The van der Waals surface area contributed by atoms with Gasteiger partial charge in [0.25, 0.3) is 0 Å². The summed E-state index contributed by atoms with van der Waals surface area (Å²) in [6.07, 6.45) is -3.40. The molecule has 39 heavy (non-hydrogen) atoms. The smallest absolute Gasteiger partial charge is 0.370 e. The summed E-state index contributed by atoms with van der Waals surface area (Å²) in [6, 6.07) is 21.3. The van der Waals surface area contributed by atoms with Crippen LogP contribution in [0.1, 0.15) is 34.7 Å². The van der Waals surface area contributed by atoms with Gasteiger partial charge < -0.3 is 9.80 Å². The molecule has 0 bridgehead atoms. The maximum absolute atomic E-state index is 14.0. The Bertz CT molecular complexity index is 1210. The molecule has 3 aromatic carbocycles. The van der Waals surface area contributed by atoms with Gasteiger partial charge in [0.05, 0.1) is 11.6 Å². The van der Waals surface area contributed by atoms with Gasteiger partial charge in [-0.25, -0.2) is 4.39 Å². The van der Waals surface area contributed by atoms with Crippen LogP contribution in [0.2, 0.25) is 0 Å². The highest BCUT2D eigenvalue weighted by atomic mass is 19.4. The minimum atomic E-state index is -4.39. The summed E-state index contributed by atoms with van der Waals surface area (Å²) in [6.45, 7) is 6.53. The Balaban J connectivity index is 1.32. The minimum absolute atomic E-state index is 0.0378. The topological polar surface area (TPSA) is 13.0 Å². The minimum Gasteiger partial charge on any atom is -0.370 e. The van der Waals surface area contributed by atoms with Gasteiger partial charge in [-0.3, -0.25) is 9.80 Å². The Labute approximate surface area is 228 Å². The molecule has 0 radical (unpaired) electrons. The van der Waals surface area contributed by atoms with Gasteiger partial charge in [-0.2, -0.15) is 13.2 Å². The van der Waals surface area contributed by atoms with Gasteiger partial charge in [-0.05, 0) is 67.0 Å². The summed E-state index contributed by atoms with van der Waals surface area (Å²) in [7, 11) is 2.08. The van der Waals surface area contributed by atoms with Crippen LogP contribution in [0.5, 0.6) is 0 Å². The van der Waals surface area contributed by atoms with E-state index in [9.17, 15) is 17.6 Å². The monoisotopic (exact) mass is 540 g/mol. The number of nitrogens with zero attached hydrogens (tertiary/aromatic N) is 4. The third kappa shape index (κ3) is 6.80. The maximum Gasteiger partial charge on any atom is 0.416 e. The molecule has 0 amide bonds. The van der Waals surface area contributed by atoms with Gasteiger partial charge in [0, 0.05) is 58.0 Å². The lowest BCUT2D eigenvalue weighted by molar-refractivity contribution is -0.138. The van der Waals surface area contributed by atoms with Crippen LogP contribution in [-0.2, 0) is 12.7 Å². The van der Waals surface area contributed by atoms with Crippen molar-refractivity contribution in [1.82, 2.24) is 14.7 Å². The molecule has 0 aromatic heterocycles. The average Bonchev–Trinajstić information content (AvgIpc) is 3.15. The summed E-state index contributed by atoms with van der Waals surface area (Å²) in [5.74, 6) is -0.273. The van der Waals surface area contributed by atoms with Crippen molar-refractivity contribution in [1.29, 1.82) is 0 Å². The number of piperazine rings is 1. The Morgan fingerprint density at radius 2 is 1.44 bits per heavy atom. The van der Waals surface area contributed by atoms with Crippen LogP contribution in [0.25, 0.3) is 0 Å². The van der Waals surface area contributed by atoms with Crippen LogP contribution in [0, 0.1) is 5.82 Å². The van der Waals surface area contributed by atoms with Crippen molar-refractivity contribution in [2.24, 2.45) is 0 Å². The number of anilines is 1. The van der Waals surface area contributed by atoms with Crippen molar-refractivity contribution in [3.05, 3.63) is 101 Å². The van der Waals surface area contributed by atoms with Crippen molar-refractivity contribution in [3.63, 3.8) is 0 Å². The van der Waals surface area contributed by atoms with Crippen molar-refractivity contribution in [3.8, 4) is 0 Å². The van der Waals surface area contributed by atoms with E-state index < -0.39 is 11.7 Å². The Morgan fingerprint density at radius 1 is 0.744 bits per heavy atom. The zero-order valence-electron chi connectivity index (χ0n) is 22.4. The number of likely N-dealkylation sites (N-methyl/N-ethyl adjacent to an activating group) is 1. The van der Waals surface area contributed by atoms with Gasteiger partial charge >= 0.3 is 6.18 Å². The lowest BCUT2D eigenvalue weighted by Gasteiger charge is -2.40. The van der Waals surface area contributed by atoms with E-state index in [1.165, 1.54) is 18.2 Å². The maximum atomic E-state index is 14.0. The van der Waals surface area contributed by atoms with Crippen LogP contribution in [0.15, 0.2) is 72.8 Å². The third-order valence-corrected chi connectivity index (χ3v) is 7.95. The van der Waals surface area contributed by atoms with Crippen molar-refractivity contribution < 1.29 is 17.6 Å². The Kier molecular flexibility index (Phi) is 8.54. The molecular formula is C31H36F4N4. The molecule has 5 rings (SSSR count). The standard InChI is InChI=1S/C31H36F4N4/c1-36-14-5-15-38(19-16-36)28-12-13-29(31(33,34)35)26(22-28)23-37-17-20-39(21-18-37)30(24-6-3-2-4-7-24)25-8-10-27(32)11-9-25/h2-4,6-13,22,30H,5,14-21,23H2,1H3. The summed E-state index contributed by atoms with van der Waals surface area (Å²) >= 11 is 0. The highest BCUT2D eigenvalue weighted by molar-refractivity contribution is 5.52. The lowest BCUT2D eigenvalue weighted by atomic mass is 9.96. The average molecular weight is 541 g/mol. The summed E-state index contributed by atoms with van der Waals surface area (Å²) < 4.78 is 55.6. The second kappa shape index (κ2) is 12.1. The number of halogens is 4. The van der Waals surface area contributed by atoms with E-state index in [0.29, 0.717) is 31.7 Å². The van der Waals surface area contributed by atoms with Gasteiger partial charge in [-0.15, -0.1) is 0 Å². The van der Waals surface area contributed by atoms with Crippen LogP contribution in [0.3, 0.4) is 0 Å². The van der Waals surface area contributed by atoms with Gasteiger partial charge in [0.1, 0.15) is 5.82 Å². The van der Waals surface area contributed by atoms with E-state index in [1.807, 2.05) is 30.3 Å². The van der Waals surface area contributed by atoms with Crippen molar-refractivity contribution >= 4 is 5.69 Å². The molecule has 2 heterocycles. The normalized spacial score (nSPS) is 19.2. The number of hydrogen-bond acceptors (Lipinski definition) is 4. The molecule has 1 unspecified atom stereocenters. The van der Waals surface area contributed by atoms with Crippen molar-refractivity contribution in [2.45, 2.75) is 25.2 Å². The molecule has 8 heteroatoms. The molecule has 2 aliphatic rings. The van der Waals surface area contributed by atoms with Crippen LogP contribution in [0.4, 0.5) is 23.2 Å². The molecule has 1 atom stereocenters. The summed E-state index contributed by atoms with van der Waals surface area (Å²) in [4.78, 5) is 8.93. The van der Waals surface area contributed by atoms with E-state index in [1.54, 1.807) is 12.1 Å². The second-order valence-electron chi connectivity index (χ2n) is 10.7. The summed E-state index contributed by atoms with van der Waals surface area (Å²) in [5.41, 5.74) is 2.78. The largest absolute Gasteiger partial charge is 0.416 e. The van der Waals surface area contributed by atoms with Crippen LogP contribution < -0.4 is 4.90 Å². The fraction of sp³-hybridized carbons (Fsp3) is 0.419. The highest BCUT2D eigenvalue weighted by Crippen LogP contribution is 2.36. The number of alkyl halides is 3. The number of benzene rings is 3. The predicted octanol–water partition coefficient (Wildman–Crippen LogP) is 5.89. The van der Waals surface area contributed by atoms with Crippen LogP contribution >= 0.6 is 0 Å². The molecule has 3 aromatic rings. The Morgan fingerprint density at radius 3 is 2.13 bits per heavy atom. The second-order valence-corrected chi connectivity index (χ2v) is 10.7. The van der Waals surface area contributed by atoms with E-state index in [2.05, 4.69) is 38.8 Å². The van der Waals surface area contributed by atoms with Crippen LogP contribution in [-0.4, -0.2) is 74.1 Å².